The number of amides is 1. The van der Waals surface area contributed by atoms with E-state index in [0.717, 1.165) is 28.8 Å². The summed E-state index contributed by atoms with van der Waals surface area (Å²) >= 11 is 0. The van der Waals surface area contributed by atoms with Crippen LogP contribution in [-0.2, 0) is 11.2 Å². The number of hydrogen-bond acceptors (Lipinski definition) is 6. The molecule has 0 aliphatic carbocycles. The van der Waals surface area contributed by atoms with Gasteiger partial charge in [-0.1, -0.05) is 6.07 Å². The van der Waals surface area contributed by atoms with E-state index in [0.29, 0.717) is 24.3 Å². The van der Waals surface area contributed by atoms with Gasteiger partial charge in [-0.15, -0.1) is 10.2 Å². The molecule has 0 spiro atoms. The van der Waals surface area contributed by atoms with Crippen molar-refractivity contribution in [3.05, 3.63) is 70.5 Å². The lowest BCUT2D eigenvalue weighted by molar-refractivity contribution is -0.123. The van der Waals surface area contributed by atoms with Gasteiger partial charge in [0.05, 0.1) is 0 Å². The quantitative estimate of drug-likeness (QED) is 0.383. The van der Waals surface area contributed by atoms with Crippen LogP contribution in [0.5, 0.6) is 5.75 Å². The second kappa shape index (κ2) is 8.14. The Balaban J connectivity index is 1.26. The van der Waals surface area contributed by atoms with E-state index >= 15 is 0 Å². The number of rotatable bonds is 7. The molecule has 0 fully saturated rings. The topological polar surface area (TPSA) is 98.7 Å². The summed E-state index contributed by atoms with van der Waals surface area (Å²) in [4.78, 5) is 23.5. The third kappa shape index (κ3) is 4.26. The Kier molecular flexibility index (Phi) is 5.24. The number of nitrogens with one attached hydrogen (secondary N) is 1. The lowest BCUT2D eigenvalue weighted by atomic mass is 10.1. The Hall–Kier alpha value is -3.68. The summed E-state index contributed by atoms with van der Waals surface area (Å²) in [5, 5.41) is 11.9. The van der Waals surface area contributed by atoms with Crippen LogP contribution >= 0.6 is 0 Å². The Morgan fingerprint density at radius 1 is 1.21 bits per heavy atom. The van der Waals surface area contributed by atoms with Crippen LogP contribution in [0.15, 0.2) is 57.9 Å². The van der Waals surface area contributed by atoms with Crippen molar-refractivity contribution in [1.29, 1.82) is 0 Å². The Morgan fingerprint density at radius 3 is 3.00 bits per heavy atom. The van der Waals surface area contributed by atoms with Crippen LogP contribution in [-0.4, -0.2) is 33.7 Å². The number of hydrogen-bond donors (Lipinski definition) is 1. The van der Waals surface area contributed by atoms with Gasteiger partial charge in [-0.05, 0) is 43.2 Å². The second-order valence-electron chi connectivity index (χ2n) is 6.69. The first-order valence-corrected chi connectivity index (χ1v) is 9.33. The van der Waals surface area contributed by atoms with Gasteiger partial charge in [-0.25, -0.2) is 4.79 Å². The van der Waals surface area contributed by atoms with Crippen molar-refractivity contribution in [3.63, 3.8) is 0 Å². The molecule has 0 bridgehead atoms. The molecular formula is C21H20N4O4. The van der Waals surface area contributed by atoms with E-state index in [-0.39, 0.29) is 12.5 Å². The number of aryl methyl sites for hydroxylation is 2. The highest BCUT2D eigenvalue weighted by Crippen LogP contribution is 2.22. The van der Waals surface area contributed by atoms with Crippen LogP contribution in [0.2, 0.25) is 0 Å². The lowest BCUT2D eigenvalue weighted by Crippen LogP contribution is -2.30. The number of aromatic nitrogens is 3. The molecule has 0 unspecified atom stereocenters. The first kappa shape index (κ1) is 18.7. The van der Waals surface area contributed by atoms with Gasteiger partial charge in [0.15, 0.2) is 12.3 Å². The van der Waals surface area contributed by atoms with Gasteiger partial charge in [0.2, 0.25) is 0 Å². The fourth-order valence-electron chi connectivity index (χ4n) is 3.13. The predicted molar refractivity (Wildman–Crippen MR) is 107 cm³/mol. The van der Waals surface area contributed by atoms with Crippen LogP contribution < -0.4 is 15.7 Å². The van der Waals surface area contributed by atoms with Gasteiger partial charge in [0.1, 0.15) is 17.2 Å². The van der Waals surface area contributed by atoms with Crippen LogP contribution in [0.25, 0.3) is 16.6 Å². The van der Waals surface area contributed by atoms with Crippen molar-refractivity contribution in [3.8, 4) is 5.75 Å². The largest absolute Gasteiger partial charge is 0.484 e. The highest BCUT2D eigenvalue weighted by atomic mass is 16.5. The molecule has 0 saturated carbocycles. The molecule has 0 atom stereocenters. The number of fused-ring (bicyclic) bond motifs is 2. The summed E-state index contributed by atoms with van der Waals surface area (Å²) in [7, 11) is 0. The molecule has 29 heavy (non-hydrogen) atoms. The maximum Gasteiger partial charge on any atom is 0.336 e. The van der Waals surface area contributed by atoms with Gasteiger partial charge < -0.3 is 14.5 Å². The second-order valence-corrected chi connectivity index (χ2v) is 6.69. The maximum atomic E-state index is 12.0. The van der Waals surface area contributed by atoms with Crippen molar-refractivity contribution < 1.29 is 13.9 Å². The van der Waals surface area contributed by atoms with E-state index in [1.807, 2.05) is 41.8 Å². The first-order chi connectivity index (χ1) is 14.1. The first-order valence-electron chi connectivity index (χ1n) is 9.33. The van der Waals surface area contributed by atoms with Gasteiger partial charge in [-0.2, -0.15) is 0 Å². The summed E-state index contributed by atoms with van der Waals surface area (Å²) in [6.45, 7) is 2.24. The summed E-state index contributed by atoms with van der Waals surface area (Å²) in [5.74, 6) is 1.11. The summed E-state index contributed by atoms with van der Waals surface area (Å²) in [5.41, 5.74) is 1.67. The zero-order valence-electron chi connectivity index (χ0n) is 15.9. The van der Waals surface area contributed by atoms with Gasteiger partial charge in [0.25, 0.3) is 5.91 Å². The third-order valence-corrected chi connectivity index (χ3v) is 4.58. The standard InChI is InChI=1S/C21H20N4O4/c1-14-11-21(27)29-17-12-15(7-8-16(14)17)28-13-20(26)22-9-4-6-19-24-23-18-5-2-3-10-25(18)19/h2-3,5,7-8,10-12H,4,6,9,13H2,1H3,(H,22,26). The van der Waals surface area contributed by atoms with Crippen LogP contribution in [0.1, 0.15) is 17.8 Å². The predicted octanol–water partition coefficient (Wildman–Crippen LogP) is 2.27. The SMILES string of the molecule is Cc1cc(=O)oc2cc(OCC(=O)NCCCc3nnc4ccccn34)ccc12. The number of ether oxygens (including phenoxy) is 1. The number of nitrogens with zero attached hydrogens (tertiary/aromatic N) is 3. The zero-order chi connectivity index (χ0) is 20.2. The van der Waals surface area contributed by atoms with Crippen LogP contribution in [0, 0.1) is 6.92 Å². The fourth-order valence-corrected chi connectivity index (χ4v) is 3.13. The average Bonchev–Trinajstić information content (AvgIpc) is 3.12. The van der Waals surface area contributed by atoms with Crippen molar-refractivity contribution in [2.75, 3.05) is 13.2 Å². The van der Waals surface area contributed by atoms with Crippen molar-refractivity contribution in [2.24, 2.45) is 0 Å². The fraction of sp³-hybridized carbons (Fsp3) is 0.238. The van der Waals surface area contributed by atoms with Gasteiger partial charge >= 0.3 is 5.63 Å². The molecule has 0 aliphatic rings. The van der Waals surface area contributed by atoms with Crippen molar-refractivity contribution in [2.45, 2.75) is 19.8 Å². The minimum absolute atomic E-state index is 0.116. The Bertz CT molecular complexity index is 1230. The molecule has 0 saturated heterocycles. The van der Waals surface area contributed by atoms with E-state index in [1.165, 1.54) is 6.07 Å². The minimum atomic E-state index is -0.412. The summed E-state index contributed by atoms with van der Waals surface area (Å²) in [6, 6.07) is 12.4. The smallest absolute Gasteiger partial charge is 0.336 e. The third-order valence-electron chi connectivity index (χ3n) is 4.58. The van der Waals surface area contributed by atoms with Gasteiger partial charge in [-0.3, -0.25) is 9.20 Å². The van der Waals surface area contributed by atoms with E-state index < -0.39 is 5.63 Å². The Morgan fingerprint density at radius 2 is 2.10 bits per heavy atom. The highest BCUT2D eigenvalue weighted by molar-refractivity contribution is 5.81. The molecule has 8 heteroatoms. The number of carbonyl (C=O) groups excluding carboxylic acids is 1. The Labute approximate surface area is 166 Å². The summed E-state index contributed by atoms with van der Waals surface area (Å²) < 4.78 is 12.6. The normalized spacial score (nSPS) is 11.1. The average molecular weight is 392 g/mol. The molecule has 148 valence electrons. The molecule has 8 nitrogen and oxygen atoms in total. The number of pyridine rings is 1. The van der Waals surface area contributed by atoms with E-state index in [1.54, 1.807) is 12.1 Å². The molecule has 1 N–H and O–H groups in total. The molecule has 0 aliphatic heterocycles. The zero-order valence-corrected chi connectivity index (χ0v) is 15.9. The molecule has 4 aromatic rings. The molecule has 3 heterocycles. The maximum absolute atomic E-state index is 12.0. The van der Waals surface area contributed by atoms with E-state index in [4.69, 9.17) is 9.15 Å². The van der Waals surface area contributed by atoms with Gasteiger partial charge in [0, 0.05) is 36.7 Å². The molecule has 0 radical (unpaired) electrons. The number of benzene rings is 1. The highest BCUT2D eigenvalue weighted by Gasteiger charge is 2.08. The molecular weight excluding hydrogens is 372 g/mol. The van der Waals surface area contributed by atoms with Crippen LogP contribution in [0.4, 0.5) is 0 Å². The van der Waals surface area contributed by atoms with E-state index in [9.17, 15) is 9.59 Å². The monoisotopic (exact) mass is 392 g/mol. The number of carbonyl (C=O) groups is 1. The van der Waals surface area contributed by atoms with Crippen molar-refractivity contribution in [1.82, 2.24) is 19.9 Å². The minimum Gasteiger partial charge on any atom is -0.484 e. The van der Waals surface area contributed by atoms with E-state index in [2.05, 4.69) is 15.5 Å². The van der Waals surface area contributed by atoms with Crippen molar-refractivity contribution >= 4 is 22.5 Å². The lowest BCUT2D eigenvalue weighted by Gasteiger charge is -2.08. The molecule has 3 aromatic heterocycles. The molecule has 1 aromatic carbocycles. The molecule has 4 rings (SSSR count). The summed E-state index contributed by atoms with van der Waals surface area (Å²) in [6.07, 6.45) is 3.36. The van der Waals surface area contributed by atoms with Crippen LogP contribution in [0.3, 0.4) is 0 Å². The molecule has 1 amide bonds.